The molecule has 0 aromatic rings. The summed E-state index contributed by atoms with van der Waals surface area (Å²) in [6.45, 7) is 5.53. The highest BCUT2D eigenvalue weighted by Gasteiger charge is 2.62. The maximum Gasteiger partial charge on any atom is 0.353 e. The van der Waals surface area contributed by atoms with Crippen molar-refractivity contribution in [3.05, 3.63) is 10.6 Å². The number of thiocarbonyl (C=S) groups is 1. The molecule has 0 aliphatic carbocycles. The third-order valence-electron chi connectivity index (χ3n) is 3.58. The number of aliphatic hydroxyl groups is 1. The topological polar surface area (TPSA) is 60.8 Å². The van der Waals surface area contributed by atoms with Gasteiger partial charge in [-0.25, -0.2) is 4.79 Å². The normalized spacial score (nSPS) is 33.5. The summed E-state index contributed by atoms with van der Waals surface area (Å²) in [7, 11) is 0. The number of allylic oxidation sites excluding steroid dienone is 1. The van der Waals surface area contributed by atoms with E-state index in [9.17, 15) is 15.0 Å². The van der Waals surface area contributed by atoms with Crippen LogP contribution >= 0.6 is 24.0 Å². The maximum atomic E-state index is 11.3. The lowest BCUT2D eigenvalue weighted by atomic mass is 9.76. The van der Waals surface area contributed by atoms with Crippen LogP contribution in [0.3, 0.4) is 0 Å². The van der Waals surface area contributed by atoms with Crippen molar-refractivity contribution in [2.45, 2.75) is 38.7 Å². The van der Waals surface area contributed by atoms with Gasteiger partial charge in [0.25, 0.3) is 0 Å². The number of nitrogens with zero attached hydrogens (tertiary/aromatic N) is 1. The molecule has 2 aliphatic rings. The fourth-order valence-electron chi connectivity index (χ4n) is 2.25. The molecular formula is C11H15NO3S2. The molecule has 1 fully saturated rings. The Morgan fingerprint density at radius 3 is 2.71 bits per heavy atom. The minimum absolute atomic E-state index is 0.0731. The van der Waals surface area contributed by atoms with Crippen LogP contribution in [0.2, 0.25) is 0 Å². The lowest BCUT2D eigenvalue weighted by Gasteiger charge is -2.55. The molecule has 2 rings (SSSR count). The van der Waals surface area contributed by atoms with Crippen molar-refractivity contribution < 1.29 is 15.0 Å². The van der Waals surface area contributed by atoms with E-state index < -0.39 is 17.5 Å². The van der Waals surface area contributed by atoms with Crippen molar-refractivity contribution >= 4 is 34.9 Å². The van der Waals surface area contributed by atoms with Gasteiger partial charge in [0.2, 0.25) is 0 Å². The van der Waals surface area contributed by atoms with Crippen LogP contribution in [0, 0.1) is 5.41 Å². The molecule has 6 heteroatoms. The van der Waals surface area contributed by atoms with Gasteiger partial charge in [-0.05, 0) is 20.3 Å². The fraction of sp³-hybridized carbons (Fsp3) is 0.636. The molecule has 2 aliphatic heterocycles. The van der Waals surface area contributed by atoms with Gasteiger partial charge in [-0.15, -0.1) is 11.8 Å². The van der Waals surface area contributed by atoms with Crippen LogP contribution in [-0.2, 0) is 4.79 Å². The molecule has 0 amide bonds. The van der Waals surface area contributed by atoms with Crippen molar-refractivity contribution in [3.63, 3.8) is 0 Å². The number of fused-ring (bicyclic) bond motifs is 1. The van der Waals surface area contributed by atoms with Gasteiger partial charge in [-0.2, -0.15) is 0 Å². The van der Waals surface area contributed by atoms with Gasteiger partial charge >= 0.3 is 5.97 Å². The summed E-state index contributed by atoms with van der Waals surface area (Å²) in [4.78, 5) is 14.3. The Labute approximate surface area is 110 Å². The summed E-state index contributed by atoms with van der Waals surface area (Å²) in [5.41, 5.74) is -0.205. The number of carboxylic acids is 1. The molecule has 0 spiro atoms. The second-order valence-corrected chi connectivity index (χ2v) is 6.10. The second kappa shape index (κ2) is 3.96. The van der Waals surface area contributed by atoms with Crippen molar-refractivity contribution in [1.82, 2.24) is 4.90 Å². The molecule has 1 unspecified atom stereocenters. The quantitative estimate of drug-likeness (QED) is 0.765. The van der Waals surface area contributed by atoms with Gasteiger partial charge in [0.15, 0.2) is 0 Å². The molecule has 0 bridgehead atoms. The van der Waals surface area contributed by atoms with Crippen LogP contribution in [0.15, 0.2) is 10.6 Å². The van der Waals surface area contributed by atoms with Gasteiger partial charge in [-0.3, -0.25) is 0 Å². The van der Waals surface area contributed by atoms with Crippen molar-refractivity contribution in [2.24, 2.45) is 5.41 Å². The monoisotopic (exact) mass is 273 g/mol. The third kappa shape index (κ3) is 1.47. The predicted octanol–water partition coefficient (Wildman–Crippen LogP) is 1.80. The van der Waals surface area contributed by atoms with E-state index >= 15 is 0 Å². The number of hydrogen-bond acceptors (Lipinski definition) is 4. The predicted molar refractivity (Wildman–Crippen MR) is 70.6 cm³/mol. The molecule has 2 heterocycles. The molecule has 0 aromatic carbocycles. The van der Waals surface area contributed by atoms with Crippen LogP contribution < -0.4 is 0 Å². The van der Waals surface area contributed by atoms with Gasteiger partial charge < -0.3 is 15.1 Å². The van der Waals surface area contributed by atoms with Crippen LogP contribution in [0.1, 0.15) is 27.2 Å². The van der Waals surface area contributed by atoms with Crippen LogP contribution in [0.4, 0.5) is 0 Å². The first-order valence-electron chi connectivity index (χ1n) is 5.50. The smallest absolute Gasteiger partial charge is 0.353 e. The number of rotatable bonds is 3. The van der Waals surface area contributed by atoms with Crippen molar-refractivity contribution in [3.8, 4) is 0 Å². The number of thioether (sulfide) groups is 1. The summed E-state index contributed by atoms with van der Waals surface area (Å²) in [6.07, 6.45) is 0.104. The summed E-state index contributed by atoms with van der Waals surface area (Å²) in [5, 5.41) is 19.0. The number of carbonyl (C=O) groups is 1. The Morgan fingerprint density at radius 1 is 1.71 bits per heavy atom. The average Bonchev–Trinajstić information content (AvgIpc) is 2.63. The molecule has 3 atom stereocenters. The molecule has 2 N–H and O–H groups in total. The molecule has 1 saturated heterocycles. The summed E-state index contributed by atoms with van der Waals surface area (Å²) < 4.78 is 0. The van der Waals surface area contributed by atoms with E-state index in [2.05, 4.69) is 0 Å². The highest BCUT2D eigenvalue weighted by Crippen LogP contribution is 2.57. The largest absolute Gasteiger partial charge is 0.477 e. The highest BCUT2D eigenvalue weighted by atomic mass is 32.2. The molecule has 0 radical (unpaired) electrons. The maximum absolute atomic E-state index is 11.3. The first-order chi connectivity index (χ1) is 7.85. The number of carboxylic acid groups (broad SMARTS) is 1. The Hall–Kier alpha value is -0.590. The van der Waals surface area contributed by atoms with E-state index in [4.69, 9.17) is 12.2 Å². The Morgan fingerprint density at radius 2 is 2.29 bits per heavy atom. The molecule has 17 heavy (non-hydrogen) atoms. The van der Waals surface area contributed by atoms with E-state index in [-0.39, 0.29) is 5.37 Å². The Bertz CT molecular complexity index is 432. The molecule has 0 aromatic heterocycles. The standard InChI is InChI=1S/C11H15NO3S2/c1-4-6-7(8(14)15)12-9(16)11(3,5(2)13)10(12)17-6/h5,10,13H,4H2,1-3H3,(H,14,15)/t5?,10-,11-/m1/s1. The highest BCUT2D eigenvalue weighted by molar-refractivity contribution is 8.04. The molecule has 0 saturated carbocycles. The van der Waals surface area contributed by atoms with E-state index in [0.717, 1.165) is 4.91 Å². The first kappa shape index (κ1) is 12.9. The van der Waals surface area contributed by atoms with E-state index in [0.29, 0.717) is 17.1 Å². The summed E-state index contributed by atoms with van der Waals surface area (Å²) >= 11 is 6.80. The fourth-order valence-corrected chi connectivity index (χ4v) is 4.47. The minimum atomic E-state index is -0.938. The molecule has 94 valence electrons. The van der Waals surface area contributed by atoms with Crippen LogP contribution in [0.5, 0.6) is 0 Å². The second-order valence-electron chi connectivity index (χ2n) is 4.53. The van der Waals surface area contributed by atoms with Gasteiger partial charge in [0.1, 0.15) is 5.70 Å². The molecular weight excluding hydrogens is 258 g/mol. The van der Waals surface area contributed by atoms with Crippen LogP contribution in [0.25, 0.3) is 0 Å². The van der Waals surface area contributed by atoms with Crippen molar-refractivity contribution in [1.29, 1.82) is 0 Å². The average molecular weight is 273 g/mol. The summed E-state index contributed by atoms with van der Waals surface area (Å²) in [5.74, 6) is -0.938. The zero-order chi connectivity index (χ0) is 13.0. The van der Waals surface area contributed by atoms with E-state index in [1.165, 1.54) is 11.8 Å². The van der Waals surface area contributed by atoms with Crippen molar-refractivity contribution in [2.75, 3.05) is 0 Å². The minimum Gasteiger partial charge on any atom is -0.477 e. The number of hydrogen-bond donors (Lipinski definition) is 2. The zero-order valence-electron chi connectivity index (χ0n) is 9.93. The van der Waals surface area contributed by atoms with E-state index in [1.54, 1.807) is 11.8 Å². The van der Waals surface area contributed by atoms with E-state index in [1.807, 2.05) is 13.8 Å². The first-order valence-corrected chi connectivity index (χ1v) is 6.79. The lowest BCUT2D eigenvalue weighted by molar-refractivity contribution is -0.134. The Balaban J connectivity index is 2.37. The van der Waals surface area contributed by atoms with Gasteiger partial charge in [-0.1, -0.05) is 19.1 Å². The number of aliphatic carboxylic acids is 1. The SMILES string of the molecule is CCC1=C(C(=O)O)N2C(=S)[C@@](C)(C(C)O)[C@H]2S1. The van der Waals surface area contributed by atoms with Gasteiger partial charge in [0, 0.05) is 4.91 Å². The lowest BCUT2D eigenvalue weighted by Crippen LogP contribution is -2.67. The van der Waals surface area contributed by atoms with Crippen LogP contribution in [-0.4, -0.2) is 37.5 Å². The molecule has 4 nitrogen and oxygen atoms in total. The zero-order valence-corrected chi connectivity index (χ0v) is 11.6. The Kier molecular flexibility index (Phi) is 3.00. The third-order valence-corrected chi connectivity index (χ3v) is 5.90. The summed E-state index contributed by atoms with van der Waals surface area (Å²) in [6, 6.07) is 0. The van der Waals surface area contributed by atoms with Gasteiger partial charge in [0.05, 0.1) is 21.9 Å². The number of aliphatic hydroxyl groups excluding tert-OH is 1.